The summed E-state index contributed by atoms with van der Waals surface area (Å²) < 4.78 is 9.88. The van der Waals surface area contributed by atoms with E-state index in [0.717, 1.165) is 11.1 Å². The molecule has 2 aromatic rings. The number of hydrogen-bond acceptors (Lipinski definition) is 6. The molecular formula is C21H24N2O5. The molecule has 1 amide bonds. The lowest BCUT2D eigenvalue weighted by molar-refractivity contribution is -0.147. The fraction of sp³-hybridized carbons (Fsp3) is 0.286. The van der Waals surface area contributed by atoms with Gasteiger partial charge in [-0.1, -0.05) is 60.7 Å². The molecular weight excluding hydrogens is 360 g/mol. The number of carbonyl (C=O) groups excluding carboxylic acids is 3. The lowest BCUT2D eigenvalue weighted by atomic mass is 10.1. The minimum atomic E-state index is -1.13. The minimum Gasteiger partial charge on any atom is -0.467 e. The zero-order chi connectivity index (χ0) is 20.4. The molecule has 0 aliphatic rings. The second kappa shape index (κ2) is 10.8. The molecule has 2 aromatic carbocycles. The fourth-order valence-corrected chi connectivity index (χ4v) is 2.53. The number of ether oxygens (including phenoxy) is 2. The van der Waals surface area contributed by atoms with Gasteiger partial charge in [0, 0.05) is 6.42 Å². The second-order valence-corrected chi connectivity index (χ2v) is 6.23. The van der Waals surface area contributed by atoms with E-state index in [4.69, 9.17) is 15.2 Å². The first kappa shape index (κ1) is 21.1. The van der Waals surface area contributed by atoms with Crippen molar-refractivity contribution in [2.75, 3.05) is 7.11 Å². The molecule has 28 heavy (non-hydrogen) atoms. The van der Waals surface area contributed by atoms with Gasteiger partial charge in [0.25, 0.3) is 0 Å². The van der Waals surface area contributed by atoms with Gasteiger partial charge in [0.1, 0.15) is 12.6 Å². The smallest absolute Gasteiger partial charge is 0.328 e. The summed E-state index contributed by atoms with van der Waals surface area (Å²) in [5.41, 5.74) is 7.50. The van der Waals surface area contributed by atoms with Crippen molar-refractivity contribution in [2.45, 2.75) is 31.5 Å². The van der Waals surface area contributed by atoms with Crippen LogP contribution in [0.2, 0.25) is 0 Å². The highest BCUT2D eigenvalue weighted by Gasteiger charge is 2.26. The highest BCUT2D eigenvalue weighted by Crippen LogP contribution is 2.06. The van der Waals surface area contributed by atoms with Crippen LogP contribution in [0.5, 0.6) is 0 Å². The maximum absolute atomic E-state index is 12.3. The SMILES string of the molecule is COC(=O)[C@H](Cc1ccccc1)NC(=O)[C@@H](N)CC(=O)OCc1ccccc1. The van der Waals surface area contributed by atoms with Gasteiger partial charge in [0.15, 0.2) is 0 Å². The van der Waals surface area contributed by atoms with E-state index in [2.05, 4.69) is 5.32 Å². The number of carbonyl (C=O) groups is 3. The maximum atomic E-state index is 12.3. The summed E-state index contributed by atoms with van der Waals surface area (Å²) in [7, 11) is 1.24. The van der Waals surface area contributed by atoms with Crippen molar-refractivity contribution < 1.29 is 23.9 Å². The Bertz CT molecular complexity index is 780. The summed E-state index contributed by atoms with van der Waals surface area (Å²) in [4.78, 5) is 36.2. The molecule has 0 saturated heterocycles. The number of nitrogens with two attached hydrogens (primary N) is 1. The summed E-state index contributed by atoms with van der Waals surface area (Å²) in [5, 5.41) is 2.55. The van der Waals surface area contributed by atoms with E-state index in [-0.39, 0.29) is 19.4 Å². The Kier molecular flexibility index (Phi) is 8.17. The van der Waals surface area contributed by atoms with E-state index in [9.17, 15) is 14.4 Å². The zero-order valence-electron chi connectivity index (χ0n) is 15.7. The van der Waals surface area contributed by atoms with Gasteiger partial charge in [-0.2, -0.15) is 0 Å². The number of benzene rings is 2. The molecule has 0 aliphatic heterocycles. The predicted octanol–water partition coefficient (Wildman–Crippen LogP) is 1.35. The molecule has 7 heteroatoms. The lowest BCUT2D eigenvalue weighted by Crippen LogP contribution is -2.50. The van der Waals surface area contributed by atoms with Gasteiger partial charge in [-0.25, -0.2) is 4.79 Å². The molecule has 7 nitrogen and oxygen atoms in total. The maximum Gasteiger partial charge on any atom is 0.328 e. The summed E-state index contributed by atoms with van der Waals surface area (Å²) in [6.07, 6.45) is -0.0394. The molecule has 148 valence electrons. The molecule has 2 rings (SSSR count). The molecule has 0 spiro atoms. The van der Waals surface area contributed by atoms with Crippen LogP contribution in [0.1, 0.15) is 17.5 Å². The first-order valence-electron chi connectivity index (χ1n) is 8.87. The van der Waals surface area contributed by atoms with Crippen LogP contribution in [0.25, 0.3) is 0 Å². The largest absolute Gasteiger partial charge is 0.467 e. The highest BCUT2D eigenvalue weighted by molar-refractivity contribution is 5.90. The molecule has 0 fully saturated rings. The number of rotatable bonds is 9. The summed E-state index contributed by atoms with van der Waals surface area (Å²) in [5.74, 6) is -1.80. The van der Waals surface area contributed by atoms with Crippen LogP contribution in [0.3, 0.4) is 0 Å². The quantitative estimate of drug-likeness (QED) is 0.632. The number of nitrogens with one attached hydrogen (secondary N) is 1. The Morgan fingerprint density at radius 3 is 2.11 bits per heavy atom. The Balaban J connectivity index is 1.87. The van der Waals surface area contributed by atoms with Crippen molar-refractivity contribution >= 4 is 17.8 Å². The van der Waals surface area contributed by atoms with E-state index < -0.39 is 29.9 Å². The summed E-state index contributed by atoms with van der Waals surface area (Å²) >= 11 is 0. The third-order valence-corrected chi connectivity index (χ3v) is 4.05. The van der Waals surface area contributed by atoms with E-state index in [0.29, 0.717) is 0 Å². The average Bonchev–Trinajstić information content (AvgIpc) is 2.72. The molecule has 0 bridgehead atoms. The van der Waals surface area contributed by atoms with Crippen LogP contribution in [0.15, 0.2) is 60.7 Å². The molecule has 0 heterocycles. The monoisotopic (exact) mass is 384 g/mol. The number of amides is 1. The van der Waals surface area contributed by atoms with Crippen molar-refractivity contribution in [3.8, 4) is 0 Å². The normalized spacial score (nSPS) is 12.5. The molecule has 0 radical (unpaired) electrons. The first-order valence-corrected chi connectivity index (χ1v) is 8.87. The van der Waals surface area contributed by atoms with Crippen LogP contribution in [-0.4, -0.2) is 37.0 Å². The standard InChI is InChI=1S/C21H24N2O5/c1-27-21(26)18(12-15-8-4-2-5-9-15)23-20(25)17(22)13-19(24)28-14-16-10-6-3-7-11-16/h2-11,17-18H,12-14,22H2,1H3,(H,23,25)/t17-,18-/m0/s1. The van der Waals surface area contributed by atoms with E-state index in [1.54, 1.807) is 0 Å². The van der Waals surface area contributed by atoms with Crippen molar-refractivity contribution in [1.82, 2.24) is 5.32 Å². The van der Waals surface area contributed by atoms with E-state index in [1.165, 1.54) is 7.11 Å². The molecule has 0 aliphatic carbocycles. The Labute approximate surface area is 163 Å². The van der Waals surface area contributed by atoms with Crippen molar-refractivity contribution in [2.24, 2.45) is 5.73 Å². The van der Waals surface area contributed by atoms with E-state index in [1.807, 2.05) is 60.7 Å². The van der Waals surface area contributed by atoms with Gasteiger partial charge in [0.05, 0.1) is 19.6 Å². The molecule has 0 aromatic heterocycles. The zero-order valence-corrected chi connectivity index (χ0v) is 15.7. The van der Waals surface area contributed by atoms with E-state index >= 15 is 0 Å². The number of methoxy groups -OCH3 is 1. The molecule has 0 saturated carbocycles. The van der Waals surface area contributed by atoms with Gasteiger partial charge < -0.3 is 20.5 Å². The van der Waals surface area contributed by atoms with Crippen molar-refractivity contribution in [1.29, 1.82) is 0 Å². The van der Waals surface area contributed by atoms with Crippen LogP contribution < -0.4 is 11.1 Å². The highest BCUT2D eigenvalue weighted by atomic mass is 16.5. The van der Waals surface area contributed by atoms with Crippen LogP contribution in [0.4, 0.5) is 0 Å². The van der Waals surface area contributed by atoms with Gasteiger partial charge in [-0.15, -0.1) is 0 Å². The third kappa shape index (κ3) is 6.85. The summed E-state index contributed by atoms with van der Waals surface area (Å²) in [6.45, 7) is 0.104. The Morgan fingerprint density at radius 1 is 0.964 bits per heavy atom. The second-order valence-electron chi connectivity index (χ2n) is 6.23. The van der Waals surface area contributed by atoms with Gasteiger partial charge in [-0.05, 0) is 11.1 Å². The first-order chi connectivity index (χ1) is 13.5. The topological polar surface area (TPSA) is 108 Å². The molecule has 2 atom stereocenters. The minimum absolute atomic E-state index is 0.104. The van der Waals surface area contributed by atoms with Gasteiger partial charge >= 0.3 is 11.9 Å². The van der Waals surface area contributed by atoms with Crippen molar-refractivity contribution in [3.63, 3.8) is 0 Å². The summed E-state index contributed by atoms with van der Waals surface area (Å²) in [6, 6.07) is 16.3. The molecule has 0 unspecified atom stereocenters. The number of hydrogen-bond donors (Lipinski definition) is 2. The van der Waals surface area contributed by atoms with Gasteiger partial charge in [0.2, 0.25) is 5.91 Å². The number of esters is 2. The van der Waals surface area contributed by atoms with Gasteiger partial charge in [-0.3, -0.25) is 9.59 Å². The average molecular weight is 384 g/mol. The van der Waals surface area contributed by atoms with Crippen molar-refractivity contribution in [3.05, 3.63) is 71.8 Å². The predicted molar refractivity (Wildman–Crippen MR) is 103 cm³/mol. The Morgan fingerprint density at radius 2 is 1.54 bits per heavy atom. The van der Waals surface area contributed by atoms with Crippen LogP contribution >= 0.6 is 0 Å². The lowest BCUT2D eigenvalue weighted by Gasteiger charge is -2.19. The fourth-order valence-electron chi connectivity index (χ4n) is 2.53. The third-order valence-electron chi connectivity index (χ3n) is 4.05. The molecule has 3 N–H and O–H groups in total. The van der Waals surface area contributed by atoms with Crippen LogP contribution in [-0.2, 0) is 36.9 Å². The van der Waals surface area contributed by atoms with Crippen LogP contribution in [0, 0.1) is 0 Å². The Hall–Kier alpha value is -3.19.